The highest BCUT2D eigenvalue weighted by Gasteiger charge is 2.07. The van der Waals surface area contributed by atoms with Gasteiger partial charge in [-0.25, -0.2) is 0 Å². The van der Waals surface area contributed by atoms with E-state index in [0.717, 1.165) is 5.56 Å². The summed E-state index contributed by atoms with van der Waals surface area (Å²) in [4.78, 5) is 13.1. The minimum absolute atomic E-state index is 0.256. The quantitative estimate of drug-likeness (QED) is 0.512. The Labute approximate surface area is 119 Å². The maximum atomic E-state index is 11.3. The molecule has 0 radical (unpaired) electrons. The minimum Gasteiger partial charge on any atom is -0.426 e. The van der Waals surface area contributed by atoms with Gasteiger partial charge >= 0.3 is 5.97 Å². The Morgan fingerprint density at radius 1 is 1.30 bits per heavy atom. The monoisotopic (exact) mass is 301 g/mol. The van der Waals surface area contributed by atoms with Crippen LogP contribution in [-0.2, 0) is 19.6 Å². The predicted molar refractivity (Wildman–Crippen MR) is 77.6 cm³/mol. The van der Waals surface area contributed by atoms with Gasteiger partial charge in [-0.05, 0) is 14.1 Å². The third-order valence-electron chi connectivity index (χ3n) is 1.78. The van der Waals surface area contributed by atoms with E-state index in [2.05, 4.69) is 6.58 Å². The second-order valence-electron chi connectivity index (χ2n) is 4.23. The average molecular weight is 301 g/mol. The molecule has 0 saturated carbocycles. The van der Waals surface area contributed by atoms with E-state index in [-0.39, 0.29) is 12.5 Å². The summed E-state index contributed by atoms with van der Waals surface area (Å²) in [6.07, 6.45) is 0.715. The summed E-state index contributed by atoms with van der Waals surface area (Å²) in [7, 11) is -0.0426. The lowest BCUT2D eigenvalue weighted by atomic mass is 10.2. The van der Waals surface area contributed by atoms with E-state index in [0.29, 0.717) is 12.0 Å². The number of benzene rings is 1. The number of likely N-dealkylation sites (N-methyl/N-ethyl adjacent to an activating group) is 1. The number of carbonyl (C=O) groups is 1. The molecular weight excluding hydrogens is 282 g/mol. The van der Waals surface area contributed by atoms with E-state index >= 15 is 0 Å². The van der Waals surface area contributed by atoms with Gasteiger partial charge in [0.1, 0.15) is 5.76 Å². The number of carbonyl (C=O) groups excluding carboxylic acids is 1. The van der Waals surface area contributed by atoms with Crippen LogP contribution in [0.4, 0.5) is 0 Å². The number of hydrogen-bond acceptors (Lipinski definition) is 5. The van der Waals surface area contributed by atoms with Crippen molar-refractivity contribution in [3.63, 3.8) is 0 Å². The van der Waals surface area contributed by atoms with E-state index in [1.807, 2.05) is 44.4 Å². The lowest BCUT2D eigenvalue weighted by Crippen LogP contribution is -2.23. The maximum Gasteiger partial charge on any atom is 0.325 e. The predicted octanol–water partition coefficient (Wildman–Crippen LogP) is 1.27. The second kappa shape index (κ2) is 8.47. The van der Waals surface area contributed by atoms with Crippen LogP contribution in [0.5, 0.6) is 0 Å². The van der Waals surface area contributed by atoms with Crippen LogP contribution in [0.15, 0.2) is 36.9 Å². The van der Waals surface area contributed by atoms with Gasteiger partial charge in [0.25, 0.3) is 10.1 Å². The van der Waals surface area contributed by atoms with Gasteiger partial charge in [0.05, 0.1) is 12.8 Å². The molecule has 1 aromatic rings. The van der Waals surface area contributed by atoms with Gasteiger partial charge in [-0.2, -0.15) is 8.42 Å². The first kappa shape index (κ1) is 18.3. The molecule has 6 nitrogen and oxygen atoms in total. The molecule has 0 saturated heterocycles. The molecule has 0 unspecified atom stereocenters. The van der Waals surface area contributed by atoms with Crippen molar-refractivity contribution in [1.82, 2.24) is 4.90 Å². The summed E-state index contributed by atoms with van der Waals surface area (Å²) in [5, 5.41) is 0. The fraction of sp³-hybridized carbons (Fsp3) is 0.308. The van der Waals surface area contributed by atoms with Crippen molar-refractivity contribution >= 4 is 21.8 Å². The highest BCUT2D eigenvalue weighted by Crippen LogP contribution is 2.12. The largest absolute Gasteiger partial charge is 0.426 e. The highest BCUT2D eigenvalue weighted by atomic mass is 32.2. The Morgan fingerprint density at radius 3 is 2.15 bits per heavy atom. The summed E-state index contributed by atoms with van der Waals surface area (Å²) >= 11 is 0. The molecule has 20 heavy (non-hydrogen) atoms. The number of nitrogens with zero attached hydrogens (tertiary/aromatic N) is 1. The van der Waals surface area contributed by atoms with Gasteiger partial charge < -0.3 is 4.74 Å². The van der Waals surface area contributed by atoms with Gasteiger partial charge in [0, 0.05) is 5.56 Å². The van der Waals surface area contributed by atoms with Crippen LogP contribution in [-0.4, -0.2) is 50.7 Å². The molecule has 0 bridgehead atoms. The van der Waals surface area contributed by atoms with Crippen LogP contribution in [0.2, 0.25) is 0 Å². The summed E-state index contributed by atoms with van der Waals surface area (Å²) < 4.78 is 30.9. The molecule has 0 aromatic heterocycles. The summed E-state index contributed by atoms with van der Waals surface area (Å²) in [6, 6.07) is 9.36. The number of ether oxygens (including phenoxy) is 1. The summed E-state index contributed by atoms with van der Waals surface area (Å²) in [5.74, 6) is 0.0938. The Balaban J connectivity index is 0.000000621. The number of hydrogen-bond donors (Lipinski definition) is 1. The zero-order chi connectivity index (χ0) is 15.8. The normalized spacial score (nSPS) is 10.4. The molecule has 0 fully saturated rings. The van der Waals surface area contributed by atoms with Crippen molar-refractivity contribution in [3.8, 4) is 0 Å². The first-order valence-electron chi connectivity index (χ1n) is 5.61. The van der Waals surface area contributed by atoms with Crippen LogP contribution >= 0.6 is 0 Å². The van der Waals surface area contributed by atoms with Crippen molar-refractivity contribution in [2.45, 2.75) is 0 Å². The first-order valence-corrected chi connectivity index (χ1v) is 7.46. The molecule has 0 aliphatic carbocycles. The zero-order valence-electron chi connectivity index (χ0n) is 11.7. The molecule has 1 aromatic carbocycles. The van der Waals surface area contributed by atoms with Crippen LogP contribution < -0.4 is 0 Å². The molecule has 0 amide bonds. The van der Waals surface area contributed by atoms with E-state index in [1.54, 1.807) is 4.90 Å². The van der Waals surface area contributed by atoms with Crippen LogP contribution in [0.25, 0.3) is 5.76 Å². The second-order valence-corrected chi connectivity index (χ2v) is 5.70. The summed E-state index contributed by atoms with van der Waals surface area (Å²) in [6.45, 7) is 3.97. The Bertz CT molecular complexity index is 529. The minimum atomic E-state index is -3.67. The average Bonchev–Trinajstić information content (AvgIpc) is 2.26. The third-order valence-corrected chi connectivity index (χ3v) is 1.78. The molecule has 0 aliphatic heterocycles. The van der Waals surface area contributed by atoms with Crippen LogP contribution in [0.3, 0.4) is 0 Å². The first-order chi connectivity index (χ1) is 9.09. The molecule has 1 N–H and O–H groups in total. The zero-order valence-corrected chi connectivity index (χ0v) is 12.6. The van der Waals surface area contributed by atoms with Crippen molar-refractivity contribution < 1.29 is 22.5 Å². The van der Waals surface area contributed by atoms with Gasteiger partial charge in [-0.15, -0.1) is 0 Å². The van der Waals surface area contributed by atoms with Crippen LogP contribution in [0, 0.1) is 0 Å². The van der Waals surface area contributed by atoms with Gasteiger partial charge in [-0.3, -0.25) is 14.2 Å². The lowest BCUT2D eigenvalue weighted by molar-refractivity contribution is -0.137. The highest BCUT2D eigenvalue weighted by molar-refractivity contribution is 7.85. The van der Waals surface area contributed by atoms with E-state index in [9.17, 15) is 13.2 Å². The molecule has 0 atom stereocenters. The van der Waals surface area contributed by atoms with Gasteiger partial charge in [0.15, 0.2) is 0 Å². The smallest absolute Gasteiger partial charge is 0.325 e. The van der Waals surface area contributed by atoms with Gasteiger partial charge in [-0.1, -0.05) is 36.9 Å². The van der Waals surface area contributed by atoms with E-state index < -0.39 is 10.1 Å². The molecule has 0 aliphatic rings. The molecule has 0 heterocycles. The standard InChI is InChI=1S/C12H15NO2.CH4O3S/c1-10(11-7-5-4-6-8-11)15-12(14)9-13(2)3;1-5(2,3)4/h4-8H,1,9H2,2-3H3;1H3,(H,2,3,4). The molecule has 0 spiro atoms. The Morgan fingerprint density at radius 2 is 1.75 bits per heavy atom. The topological polar surface area (TPSA) is 83.9 Å². The van der Waals surface area contributed by atoms with Crippen molar-refractivity contribution in [2.24, 2.45) is 0 Å². The molecular formula is C13H19NO5S. The fourth-order valence-electron chi connectivity index (χ4n) is 1.11. The van der Waals surface area contributed by atoms with Crippen molar-refractivity contribution in [1.29, 1.82) is 0 Å². The van der Waals surface area contributed by atoms with Crippen molar-refractivity contribution in [3.05, 3.63) is 42.5 Å². The Hall–Kier alpha value is -1.70. The SMILES string of the molecule is C=C(OC(=O)CN(C)C)c1ccccc1.CS(=O)(=O)O. The molecule has 7 heteroatoms. The fourth-order valence-corrected chi connectivity index (χ4v) is 1.11. The Kier molecular flexibility index (Phi) is 7.75. The number of esters is 1. The van der Waals surface area contributed by atoms with Crippen LogP contribution in [0.1, 0.15) is 5.56 Å². The summed E-state index contributed by atoms with van der Waals surface area (Å²) in [5.41, 5.74) is 0.824. The number of rotatable bonds is 4. The van der Waals surface area contributed by atoms with Crippen molar-refractivity contribution in [2.75, 3.05) is 26.9 Å². The molecule has 112 valence electrons. The lowest BCUT2D eigenvalue weighted by Gasteiger charge is -2.10. The van der Waals surface area contributed by atoms with E-state index in [4.69, 9.17) is 9.29 Å². The molecule has 1 rings (SSSR count). The maximum absolute atomic E-state index is 11.3. The third kappa shape index (κ3) is 11.4. The van der Waals surface area contributed by atoms with Gasteiger partial charge in [0.2, 0.25) is 0 Å². The van der Waals surface area contributed by atoms with E-state index in [1.165, 1.54) is 0 Å².